The van der Waals surface area contributed by atoms with Gasteiger partial charge in [0.2, 0.25) is 0 Å². The molecule has 0 spiro atoms. The average molecular weight is 316 g/mol. The Morgan fingerprint density at radius 1 is 1.14 bits per heavy atom. The molecule has 1 N–H and O–H groups in total. The van der Waals surface area contributed by atoms with Crippen LogP contribution in [0.3, 0.4) is 0 Å². The normalized spacial score (nSPS) is 14.3. The number of ether oxygens (including phenoxy) is 1. The predicted molar refractivity (Wildman–Crippen MR) is 88.6 cm³/mol. The summed E-state index contributed by atoms with van der Waals surface area (Å²) in [5, 5.41) is 3.55. The lowest BCUT2D eigenvalue weighted by molar-refractivity contribution is -0.122. The van der Waals surface area contributed by atoms with Crippen LogP contribution in [0.2, 0.25) is 5.02 Å². The minimum absolute atomic E-state index is 0.159. The van der Waals surface area contributed by atoms with Gasteiger partial charge in [-0.25, -0.2) is 0 Å². The van der Waals surface area contributed by atoms with Crippen LogP contribution >= 0.6 is 11.6 Å². The van der Waals surface area contributed by atoms with Crippen LogP contribution in [0, 0.1) is 0 Å². The van der Waals surface area contributed by atoms with Crippen molar-refractivity contribution in [1.29, 1.82) is 0 Å². The third-order valence-electron chi connectivity index (χ3n) is 3.86. The second-order valence-electron chi connectivity index (χ2n) is 5.54. The van der Waals surface area contributed by atoms with Gasteiger partial charge in [0, 0.05) is 10.7 Å². The van der Waals surface area contributed by atoms with Gasteiger partial charge in [-0.05, 0) is 73.7 Å². The van der Waals surface area contributed by atoms with Crippen LogP contribution in [0.1, 0.15) is 24.5 Å². The minimum atomic E-state index is -0.575. The summed E-state index contributed by atoms with van der Waals surface area (Å²) in [6.07, 6.45) is 2.85. The Morgan fingerprint density at radius 3 is 2.64 bits per heavy atom. The number of benzene rings is 2. The number of hydrogen-bond donors (Lipinski definition) is 1. The molecule has 0 heterocycles. The van der Waals surface area contributed by atoms with Crippen LogP contribution in [-0.4, -0.2) is 12.0 Å². The van der Waals surface area contributed by atoms with Crippen molar-refractivity contribution in [2.75, 3.05) is 5.32 Å². The average Bonchev–Trinajstić information content (AvgIpc) is 2.97. The van der Waals surface area contributed by atoms with Crippen molar-refractivity contribution in [3.05, 3.63) is 58.6 Å². The number of fused-ring (bicyclic) bond motifs is 1. The van der Waals surface area contributed by atoms with Crippen molar-refractivity contribution in [3.63, 3.8) is 0 Å². The molecule has 22 heavy (non-hydrogen) atoms. The van der Waals surface area contributed by atoms with E-state index in [0.717, 1.165) is 18.5 Å². The molecule has 3 nitrogen and oxygen atoms in total. The van der Waals surface area contributed by atoms with Crippen molar-refractivity contribution < 1.29 is 9.53 Å². The van der Waals surface area contributed by atoms with E-state index in [-0.39, 0.29) is 5.91 Å². The van der Waals surface area contributed by atoms with Crippen molar-refractivity contribution >= 4 is 23.2 Å². The number of nitrogens with one attached hydrogen (secondary N) is 1. The first kappa shape index (κ1) is 14.9. The largest absolute Gasteiger partial charge is 0.481 e. The number of carbonyl (C=O) groups excluding carboxylic acids is 1. The summed E-state index contributed by atoms with van der Waals surface area (Å²) in [7, 11) is 0. The van der Waals surface area contributed by atoms with Crippen molar-refractivity contribution in [3.8, 4) is 5.75 Å². The van der Waals surface area contributed by atoms with Gasteiger partial charge < -0.3 is 10.1 Å². The van der Waals surface area contributed by atoms with Crippen LogP contribution < -0.4 is 10.1 Å². The van der Waals surface area contributed by atoms with Gasteiger partial charge in [-0.3, -0.25) is 4.79 Å². The number of halogens is 1. The molecule has 1 aliphatic rings. The number of anilines is 1. The molecule has 0 saturated carbocycles. The molecule has 0 radical (unpaired) electrons. The summed E-state index contributed by atoms with van der Waals surface area (Å²) in [4.78, 5) is 12.2. The van der Waals surface area contributed by atoms with Crippen LogP contribution in [0.25, 0.3) is 0 Å². The fourth-order valence-electron chi connectivity index (χ4n) is 2.66. The maximum atomic E-state index is 12.2. The molecular formula is C18H18ClNO2. The highest BCUT2D eigenvalue weighted by atomic mass is 35.5. The van der Waals surface area contributed by atoms with Crippen LogP contribution in [0.15, 0.2) is 42.5 Å². The van der Waals surface area contributed by atoms with E-state index in [1.807, 2.05) is 6.07 Å². The van der Waals surface area contributed by atoms with Gasteiger partial charge in [0.05, 0.1) is 0 Å². The molecule has 0 bridgehead atoms. The summed E-state index contributed by atoms with van der Waals surface area (Å²) >= 11 is 5.83. The third-order valence-corrected chi connectivity index (χ3v) is 4.11. The highest BCUT2D eigenvalue weighted by molar-refractivity contribution is 6.30. The number of hydrogen-bond acceptors (Lipinski definition) is 2. The van der Waals surface area contributed by atoms with E-state index < -0.39 is 6.10 Å². The van der Waals surface area contributed by atoms with Gasteiger partial charge in [-0.15, -0.1) is 0 Å². The fraction of sp³-hybridized carbons (Fsp3) is 0.278. The Balaban J connectivity index is 1.62. The molecule has 3 rings (SSSR count). The quantitative estimate of drug-likeness (QED) is 0.916. The zero-order valence-electron chi connectivity index (χ0n) is 12.4. The second-order valence-corrected chi connectivity index (χ2v) is 5.98. The Bertz CT molecular complexity index is 682. The van der Waals surface area contributed by atoms with Gasteiger partial charge >= 0.3 is 0 Å². The van der Waals surface area contributed by atoms with E-state index >= 15 is 0 Å². The molecule has 114 valence electrons. The molecule has 4 heteroatoms. The molecule has 0 saturated heterocycles. The Morgan fingerprint density at radius 2 is 1.86 bits per heavy atom. The first-order valence-electron chi connectivity index (χ1n) is 7.47. The molecule has 1 atom stereocenters. The first-order chi connectivity index (χ1) is 10.6. The van der Waals surface area contributed by atoms with Crippen molar-refractivity contribution in [2.45, 2.75) is 32.3 Å². The van der Waals surface area contributed by atoms with Gasteiger partial charge in [-0.2, -0.15) is 0 Å². The molecule has 1 amide bonds. The minimum Gasteiger partial charge on any atom is -0.481 e. The van der Waals surface area contributed by atoms with E-state index in [1.165, 1.54) is 17.5 Å². The molecular weight excluding hydrogens is 298 g/mol. The van der Waals surface area contributed by atoms with Crippen molar-refractivity contribution in [2.24, 2.45) is 0 Å². The van der Waals surface area contributed by atoms with E-state index in [2.05, 4.69) is 17.4 Å². The Hall–Kier alpha value is -2.00. The molecule has 0 fully saturated rings. The summed E-state index contributed by atoms with van der Waals surface area (Å²) in [5.41, 5.74) is 3.56. The summed E-state index contributed by atoms with van der Waals surface area (Å²) in [6.45, 7) is 1.73. The zero-order valence-corrected chi connectivity index (χ0v) is 13.2. The van der Waals surface area contributed by atoms with Gasteiger partial charge in [0.25, 0.3) is 5.91 Å². The number of carbonyl (C=O) groups is 1. The SMILES string of the molecule is CC(Oc1ccc(Cl)cc1)C(=O)Nc1ccc2c(c1)CCC2. The highest BCUT2D eigenvalue weighted by Crippen LogP contribution is 2.25. The van der Waals surface area contributed by atoms with Crippen LogP contribution in [0.5, 0.6) is 5.75 Å². The lowest BCUT2D eigenvalue weighted by Crippen LogP contribution is -2.30. The zero-order chi connectivity index (χ0) is 15.5. The first-order valence-corrected chi connectivity index (χ1v) is 7.84. The lowest BCUT2D eigenvalue weighted by atomic mass is 10.1. The standard InChI is InChI=1S/C18H18ClNO2/c1-12(22-17-9-6-15(19)7-10-17)18(21)20-16-8-5-13-3-2-4-14(13)11-16/h5-12H,2-4H2,1H3,(H,20,21). The lowest BCUT2D eigenvalue weighted by Gasteiger charge is -2.15. The summed E-state index contributed by atoms with van der Waals surface area (Å²) < 4.78 is 5.63. The third kappa shape index (κ3) is 3.42. The summed E-state index contributed by atoms with van der Waals surface area (Å²) in [5.74, 6) is 0.467. The van der Waals surface area contributed by atoms with Gasteiger partial charge in [-0.1, -0.05) is 17.7 Å². The molecule has 0 aliphatic heterocycles. The highest BCUT2D eigenvalue weighted by Gasteiger charge is 2.16. The molecule has 1 unspecified atom stereocenters. The van der Waals surface area contributed by atoms with E-state index in [1.54, 1.807) is 31.2 Å². The van der Waals surface area contributed by atoms with Crippen LogP contribution in [0.4, 0.5) is 5.69 Å². The number of rotatable bonds is 4. The number of amides is 1. The predicted octanol–water partition coefficient (Wildman–Crippen LogP) is 4.23. The number of aryl methyl sites for hydroxylation is 2. The Labute approximate surface area is 135 Å². The maximum Gasteiger partial charge on any atom is 0.265 e. The molecule has 1 aliphatic carbocycles. The summed E-state index contributed by atoms with van der Waals surface area (Å²) in [6, 6.07) is 13.1. The second kappa shape index (κ2) is 6.41. The monoisotopic (exact) mass is 315 g/mol. The Kier molecular flexibility index (Phi) is 4.34. The van der Waals surface area contributed by atoms with Gasteiger partial charge in [0.1, 0.15) is 5.75 Å². The van der Waals surface area contributed by atoms with E-state index in [0.29, 0.717) is 10.8 Å². The van der Waals surface area contributed by atoms with E-state index in [4.69, 9.17) is 16.3 Å². The maximum absolute atomic E-state index is 12.2. The molecule has 2 aromatic rings. The van der Waals surface area contributed by atoms with Crippen LogP contribution in [-0.2, 0) is 17.6 Å². The molecule has 0 aromatic heterocycles. The van der Waals surface area contributed by atoms with E-state index in [9.17, 15) is 4.79 Å². The fourth-order valence-corrected chi connectivity index (χ4v) is 2.79. The smallest absolute Gasteiger partial charge is 0.265 e. The van der Waals surface area contributed by atoms with Crippen molar-refractivity contribution in [1.82, 2.24) is 0 Å². The van der Waals surface area contributed by atoms with Gasteiger partial charge in [0.15, 0.2) is 6.10 Å². The topological polar surface area (TPSA) is 38.3 Å². The molecule has 2 aromatic carbocycles.